The van der Waals surface area contributed by atoms with Crippen molar-refractivity contribution in [3.8, 4) is 0 Å². The van der Waals surface area contributed by atoms with Gasteiger partial charge in [0.05, 0.1) is 18.5 Å². The van der Waals surface area contributed by atoms with Crippen LogP contribution < -0.4 is 10.6 Å². The highest BCUT2D eigenvalue weighted by atomic mass is 19.1. The number of anilines is 2. The predicted octanol–water partition coefficient (Wildman–Crippen LogP) is 3.32. The number of pyridine rings is 1. The summed E-state index contributed by atoms with van der Waals surface area (Å²) in [5, 5.41) is 6.05. The molecule has 8 heteroatoms. The molecule has 1 fully saturated rings. The largest absolute Gasteiger partial charge is 0.450 e. The van der Waals surface area contributed by atoms with Crippen LogP contribution in [0.1, 0.15) is 30.3 Å². The number of benzene rings is 1. The van der Waals surface area contributed by atoms with Crippen LogP contribution in [0.5, 0.6) is 0 Å². The maximum atomic E-state index is 12.9. The minimum atomic E-state index is -0.307. The van der Waals surface area contributed by atoms with Crippen LogP contribution in [-0.4, -0.2) is 47.6 Å². The van der Waals surface area contributed by atoms with E-state index < -0.39 is 0 Å². The van der Waals surface area contributed by atoms with Crippen LogP contribution in [0.3, 0.4) is 0 Å². The molecule has 0 atom stereocenters. The minimum Gasteiger partial charge on any atom is -0.450 e. The molecule has 7 nitrogen and oxygen atoms in total. The summed E-state index contributed by atoms with van der Waals surface area (Å²) in [6.07, 6.45) is 2.60. The monoisotopic (exact) mass is 386 g/mol. The maximum Gasteiger partial charge on any atom is 0.409 e. The lowest BCUT2D eigenvalue weighted by Crippen LogP contribution is -2.46. The van der Waals surface area contributed by atoms with Gasteiger partial charge in [0, 0.05) is 24.8 Å². The number of halogens is 1. The molecule has 0 saturated carbocycles. The highest BCUT2D eigenvalue weighted by Gasteiger charge is 2.25. The van der Waals surface area contributed by atoms with Crippen LogP contribution in [0, 0.1) is 5.82 Å². The van der Waals surface area contributed by atoms with Gasteiger partial charge in [0.2, 0.25) is 0 Å². The van der Waals surface area contributed by atoms with E-state index in [1.54, 1.807) is 42.3 Å². The van der Waals surface area contributed by atoms with Crippen LogP contribution in [0.4, 0.5) is 20.6 Å². The number of piperidine rings is 1. The first kappa shape index (κ1) is 19.6. The lowest BCUT2D eigenvalue weighted by atomic mass is 10.1. The van der Waals surface area contributed by atoms with Crippen molar-refractivity contribution in [1.82, 2.24) is 15.2 Å². The molecule has 3 rings (SSSR count). The van der Waals surface area contributed by atoms with E-state index in [2.05, 4.69) is 15.6 Å². The number of nitrogens with one attached hydrogen (secondary N) is 2. The van der Waals surface area contributed by atoms with Gasteiger partial charge in [-0.3, -0.25) is 4.79 Å². The van der Waals surface area contributed by atoms with Crippen LogP contribution in [-0.2, 0) is 4.74 Å². The Kier molecular flexibility index (Phi) is 6.41. The molecule has 148 valence electrons. The first-order valence-corrected chi connectivity index (χ1v) is 9.26. The zero-order valence-electron chi connectivity index (χ0n) is 15.7. The van der Waals surface area contributed by atoms with Gasteiger partial charge in [-0.1, -0.05) is 0 Å². The summed E-state index contributed by atoms with van der Waals surface area (Å²) >= 11 is 0. The van der Waals surface area contributed by atoms with Crippen molar-refractivity contribution >= 4 is 23.4 Å². The Morgan fingerprint density at radius 1 is 1.14 bits per heavy atom. The SMILES string of the molecule is CCOC(=O)N1CCC(NC(=O)c2ccc(Nc3ccc(F)cc3)cn2)CC1. The molecule has 1 saturated heterocycles. The van der Waals surface area contributed by atoms with Gasteiger partial charge in [0.15, 0.2) is 0 Å². The second-order valence-corrected chi connectivity index (χ2v) is 6.50. The van der Waals surface area contributed by atoms with Crippen molar-refractivity contribution < 1.29 is 18.7 Å². The van der Waals surface area contributed by atoms with Gasteiger partial charge in [-0.2, -0.15) is 0 Å². The fourth-order valence-corrected chi connectivity index (χ4v) is 2.98. The van der Waals surface area contributed by atoms with E-state index in [1.165, 1.54) is 12.1 Å². The molecular formula is C20H23FN4O3. The predicted molar refractivity (Wildman–Crippen MR) is 103 cm³/mol. The third-order valence-corrected chi connectivity index (χ3v) is 4.49. The lowest BCUT2D eigenvalue weighted by molar-refractivity contribution is 0.0856. The Balaban J connectivity index is 1.50. The van der Waals surface area contributed by atoms with Crippen LogP contribution in [0.25, 0.3) is 0 Å². The van der Waals surface area contributed by atoms with Crippen molar-refractivity contribution in [2.75, 3.05) is 25.0 Å². The zero-order chi connectivity index (χ0) is 19.9. The molecule has 1 aliphatic heterocycles. The highest BCUT2D eigenvalue weighted by molar-refractivity contribution is 5.92. The molecule has 0 radical (unpaired) electrons. The Morgan fingerprint density at radius 3 is 2.43 bits per heavy atom. The van der Waals surface area contributed by atoms with Gasteiger partial charge in [-0.15, -0.1) is 0 Å². The molecule has 0 bridgehead atoms. The average Bonchev–Trinajstić information content (AvgIpc) is 2.71. The molecule has 1 aromatic heterocycles. The summed E-state index contributed by atoms with van der Waals surface area (Å²) in [6.45, 7) is 3.24. The van der Waals surface area contributed by atoms with E-state index in [4.69, 9.17) is 4.74 Å². The average molecular weight is 386 g/mol. The molecule has 28 heavy (non-hydrogen) atoms. The Labute approximate surface area is 162 Å². The number of amides is 2. The second kappa shape index (κ2) is 9.16. The minimum absolute atomic E-state index is 0.00278. The van der Waals surface area contributed by atoms with Crippen molar-refractivity contribution in [2.24, 2.45) is 0 Å². The van der Waals surface area contributed by atoms with Crippen LogP contribution in [0.15, 0.2) is 42.6 Å². The van der Waals surface area contributed by atoms with Gasteiger partial charge in [0.25, 0.3) is 5.91 Å². The molecule has 0 unspecified atom stereocenters. The molecule has 0 spiro atoms. The molecule has 2 amide bonds. The zero-order valence-corrected chi connectivity index (χ0v) is 15.7. The van der Waals surface area contributed by atoms with E-state index in [0.29, 0.717) is 43.9 Å². The van der Waals surface area contributed by atoms with Crippen molar-refractivity contribution in [1.29, 1.82) is 0 Å². The summed E-state index contributed by atoms with van der Waals surface area (Å²) in [5.41, 5.74) is 1.75. The smallest absolute Gasteiger partial charge is 0.409 e. The number of rotatable bonds is 5. The number of ether oxygens (including phenoxy) is 1. The number of likely N-dealkylation sites (tertiary alicyclic amines) is 1. The molecule has 2 aromatic rings. The fraction of sp³-hybridized carbons (Fsp3) is 0.350. The van der Waals surface area contributed by atoms with Gasteiger partial charge in [-0.25, -0.2) is 14.2 Å². The summed E-state index contributed by atoms with van der Waals surface area (Å²) in [4.78, 5) is 30.0. The second-order valence-electron chi connectivity index (χ2n) is 6.50. The highest BCUT2D eigenvalue weighted by Crippen LogP contribution is 2.17. The van der Waals surface area contributed by atoms with Crippen LogP contribution in [0.2, 0.25) is 0 Å². The number of hydrogen-bond donors (Lipinski definition) is 2. The van der Waals surface area contributed by atoms with E-state index in [-0.39, 0.29) is 23.9 Å². The maximum absolute atomic E-state index is 12.9. The van der Waals surface area contributed by atoms with Crippen LogP contribution >= 0.6 is 0 Å². The van der Waals surface area contributed by atoms with Gasteiger partial charge >= 0.3 is 6.09 Å². The third kappa shape index (κ3) is 5.18. The normalized spacial score (nSPS) is 14.4. The summed E-state index contributed by atoms with van der Waals surface area (Å²) in [5.74, 6) is -0.549. The van der Waals surface area contributed by atoms with Crippen molar-refractivity contribution in [2.45, 2.75) is 25.8 Å². The molecular weight excluding hydrogens is 363 g/mol. The Morgan fingerprint density at radius 2 is 1.82 bits per heavy atom. The first-order chi connectivity index (χ1) is 13.5. The number of carbonyl (C=O) groups is 2. The number of carbonyl (C=O) groups excluding carboxylic acids is 2. The number of nitrogens with zero attached hydrogens (tertiary/aromatic N) is 2. The molecule has 1 aliphatic rings. The van der Waals surface area contributed by atoms with Crippen molar-refractivity contribution in [3.05, 3.63) is 54.1 Å². The lowest BCUT2D eigenvalue weighted by Gasteiger charge is -2.31. The Hall–Kier alpha value is -3.16. The summed E-state index contributed by atoms with van der Waals surface area (Å²) in [6, 6.07) is 9.35. The first-order valence-electron chi connectivity index (χ1n) is 9.26. The quantitative estimate of drug-likeness (QED) is 0.824. The number of hydrogen-bond acceptors (Lipinski definition) is 5. The van der Waals surface area contributed by atoms with Crippen molar-refractivity contribution in [3.63, 3.8) is 0 Å². The third-order valence-electron chi connectivity index (χ3n) is 4.49. The van der Waals surface area contributed by atoms with E-state index >= 15 is 0 Å². The Bertz CT molecular complexity index is 803. The number of aromatic nitrogens is 1. The van der Waals surface area contributed by atoms with Gasteiger partial charge in [0.1, 0.15) is 11.5 Å². The summed E-state index contributed by atoms with van der Waals surface area (Å²) in [7, 11) is 0. The molecule has 0 aliphatic carbocycles. The molecule has 2 N–H and O–H groups in total. The fourth-order valence-electron chi connectivity index (χ4n) is 2.98. The molecule has 2 heterocycles. The van der Waals surface area contributed by atoms with E-state index in [0.717, 1.165) is 5.69 Å². The topological polar surface area (TPSA) is 83.6 Å². The summed E-state index contributed by atoms with van der Waals surface area (Å²) < 4.78 is 17.9. The molecule has 1 aromatic carbocycles. The van der Waals surface area contributed by atoms with Gasteiger partial charge in [-0.05, 0) is 56.2 Å². The van der Waals surface area contributed by atoms with Gasteiger partial charge < -0.3 is 20.3 Å². The van der Waals surface area contributed by atoms with E-state index in [9.17, 15) is 14.0 Å². The van der Waals surface area contributed by atoms with E-state index in [1.807, 2.05) is 0 Å². The standard InChI is InChI=1S/C20H23FN4O3/c1-2-28-20(27)25-11-9-16(10-12-25)24-19(26)18-8-7-17(13-22-18)23-15-5-3-14(21)4-6-15/h3-8,13,16,23H,2,9-12H2,1H3,(H,24,26).